The monoisotopic (exact) mass is 340 g/mol. The summed E-state index contributed by atoms with van der Waals surface area (Å²) in [7, 11) is 0. The molecule has 0 bridgehead atoms. The normalized spacial score (nSPS) is 23.3. The van der Waals surface area contributed by atoms with Crippen molar-refractivity contribution in [2.45, 2.75) is 43.9 Å². The third-order valence-electron chi connectivity index (χ3n) is 4.09. The van der Waals surface area contributed by atoms with Crippen LogP contribution < -0.4 is 0 Å². The van der Waals surface area contributed by atoms with Crippen molar-refractivity contribution in [3.8, 4) is 0 Å². The van der Waals surface area contributed by atoms with E-state index in [1.54, 1.807) is 11.8 Å². The molecule has 0 spiro atoms. The van der Waals surface area contributed by atoms with Gasteiger partial charge in [-0.2, -0.15) is 0 Å². The molecule has 0 aromatic heterocycles. The maximum absolute atomic E-state index is 12.2. The van der Waals surface area contributed by atoms with Crippen molar-refractivity contribution < 1.29 is 4.79 Å². The van der Waals surface area contributed by atoms with Crippen molar-refractivity contribution in [2.75, 3.05) is 5.75 Å². The third kappa shape index (κ3) is 4.35. The predicted octanol–water partition coefficient (Wildman–Crippen LogP) is 5.33. The molecular formula is C16H21BrOS. The molecular weight excluding hydrogens is 320 g/mol. The number of Topliss-reactive ketones (excluding diaryl/α,β-unsaturated/α-hetero) is 1. The Kier molecular flexibility index (Phi) is 5.96. The molecule has 2 rings (SSSR count). The van der Waals surface area contributed by atoms with Gasteiger partial charge < -0.3 is 0 Å². The van der Waals surface area contributed by atoms with Gasteiger partial charge in [0.25, 0.3) is 0 Å². The number of hydrogen-bond acceptors (Lipinski definition) is 2. The summed E-state index contributed by atoms with van der Waals surface area (Å²) in [5.41, 5.74) is 0. The molecule has 1 nitrogen and oxygen atoms in total. The molecule has 0 atom stereocenters. The summed E-state index contributed by atoms with van der Waals surface area (Å²) in [5, 5.41) is 0. The molecule has 0 heterocycles. The molecule has 1 aliphatic rings. The zero-order valence-electron chi connectivity index (χ0n) is 11.4. The summed E-state index contributed by atoms with van der Waals surface area (Å²) >= 11 is 5.19. The molecule has 104 valence electrons. The summed E-state index contributed by atoms with van der Waals surface area (Å²) in [6.07, 6.45) is 5.97. The number of benzene rings is 1. The maximum Gasteiger partial charge on any atom is 0.146 e. The van der Waals surface area contributed by atoms with Crippen LogP contribution in [0.4, 0.5) is 0 Å². The first-order chi connectivity index (χ1) is 9.20. The van der Waals surface area contributed by atoms with Crippen LogP contribution in [-0.4, -0.2) is 11.5 Å². The molecule has 0 aliphatic heterocycles. The Morgan fingerprint density at radius 2 is 1.95 bits per heavy atom. The van der Waals surface area contributed by atoms with E-state index in [9.17, 15) is 4.79 Å². The van der Waals surface area contributed by atoms with E-state index in [4.69, 9.17) is 0 Å². The smallest absolute Gasteiger partial charge is 0.146 e. The van der Waals surface area contributed by atoms with Crippen LogP contribution in [0.5, 0.6) is 0 Å². The van der Waals surface area contributed by atoms with Crippen LogP contribution in [0, 0.1) is 11.8 Å². The van der Waals surface area contributed by atoms with E-state index < -0.39 is 0 Å². The average molecular weight is 341 g/mol. The number of hydrogen-bond donors (Lipinski definition) is 0. The first-order valence-electron chi connectivity index (χ1n) is 7.10. The first-order valence-corrected chi connectivity index (χ1v) is 8.88. The van der Waals surface area contributed by atoms with Gasteiger partial charge in [-0.25, -0.2) is 0 Å². The number of rotatable bonds is 5. The Hall–Kier alpha value is -0.280. The minimum Gasteiger partial charge on any atom is -0.298 e. The Bertz CT molecular complexity index is 425. The average Bonchev–Trinajstić information content (AvgIpc) is 2.46. The molecule has 3 heteroatoms. The molecule has 0 radical (unpaired) electrons. The predicted molar refractivity (Wildman–Crippen MR) is 85.6 cm³/mol. The lowest BCUT2D eigenvalue weighted by Crippen LogP contribution is -2.23. The molecule has 1 aliphatic carbocycles. The third-order valence-corrected chi connectivity index (χ3v) is 6.14. The highest BCUT2D eigenvalue weighted by Crippen LogP contribution is 2.33. The maximum atomic E-state index is 12.2. The van der Waals surface area contributed by atoms with Crippen LogP contribution in [0.2, 0.25) is 0 Å². The van der Waals surface area contributed by atoms with Crippen molar-refractivity contribution >= 4 is 33.5 Å². The Balaban J connectivity index is 1.81. The van der Waals surface area contributed by atoms with Crippen molar-refractivity contribution in [3.05, 3.63) is 28.7 Å². The Morgan fingerprint density at radius 3 is 2.58 bits per heavy atom. The minimum absolute atomic E-state index is 0.317. The van der Waals surface area contributed by atoms with Crippen molar-refractivity contribution in [2.24, 2.45) is 11.8 Å². The lowest BCUT2D eigenvalue weighted by Gasteiger charge is -2.26. The zero-order valence-corrected chi connectivity index (χ0v) is 13.8. The quantitative estimate of drug-likeness (QED) is 0.674. The number of halogens is 1. The van der Waals surface area contributed by atoms with Crippen LogP contribution in [0.15, 0.2) is 33.6 Å². The molecule has 0 saturated heterocycles. The van der Waals surface area contributed by atoms with Crippen molar-refractivity contribution in [3.63, 3.8) is 0 Å². The topological polar surface area (TPSA) is 17.1 Å². The number of carbonyl (C=O) groups excluding carboxylic acids is 1. The van der Waals surface area contributed by atoms with Crippen molar-refractivity contribution in [1.82, 2.24) is 0 Å². The Morgan fingerprint density at radius 1 is 1.26 bits per heavy atom. The minimum atomic E-state index is 0.317. The highest BCUT2D eigenvalue weighted by molar-refractivity contribution is 9.10. The fourth-order valence-electron chi connectivity index (χ4n) is 2.72. The highest BCUT2D eigenvalue weighted by atomic mass is 79.9. The summed E-state index contributed by atoms with van der Waals surface area (Å²) in [6.45, 7) is 2.26. The number of ketones is 1. The van der Waals surface area contributed by atoms with Gasteiger partial charge in [-0.15, -0.1) is 11.8 Å². The van der Waals surface area contributed by atoms with Gasteiger partial charge in [0.15, 0.2) is 0 Å². The van der Waals surface area contributed by atoms with Crippen LogP contribution in [0.1, 0.15) is 39.0 Å². The SMILES string of the molecule is CCC1CCC(C(=O)CSc2ccccc2Br)CC1. The zero-order chi connectivity index (χ0) is 13.7. The largest absolute Gasteiger partial charge is 0.298 e. The second-order valence-electron chi connectivity index (χ2n) is 5.31. The van der Waals surface area contributed by atoms with E-state index in [1.165, 1.54) is 19.3 Å². The summed E-state index contributed by atoms with van der Waals surface area (Å²) < 4.78 is 1.09. The fraction of sp³-hybridized carbons (Fsp3) is 0.562. The van der Waals surface area contributed by atoms with Crippen LogP contribution >= 0.6 is 27.7 Å². The van der Waals surface area contributed by atoms with Crippen LogP contribution in [-0.2, 0) is 4.79 Å². The molecule has 1 aromatic rings. The van der Waals surface area contributed by atoms with Crippen LogP contribution in [0.3, 0.4) is 0 Å². The molecule has 0 N–H and O–H groups in total. The van der Waals surface area contributed by atoms with E-state index in [2.05, 4.69) is 28.9 Å². The molecule has 1 fully saturated rings. The molecule has 19 heavy (non-hydrogen) atoms. The standard InChI is InChI=1S/C16H21BrOS/c1-2-12-7-9-13(10-8-12)15(18)11-19-16-6-4-3-5-14(16)17/h3-6,12-13H,2,7-11H2,1H3. The van der Waals surface area contributed by atoms with Crippen LogP contribution in [0.25, 0.3) is 0 Å². The van der Waals surface area contributed by atoms with E-state index >= 15 is 0 Å². The van der Waals surface area contributed by atoms with E-state index in [0.29, 0.717) is 17.5 Å². The Labute approximate surface area is 128 Å². The lowest BCUT2D eigenvalue weighted by atomic mass is 9.79. The molecule has 0 unspecified atom stereocenters. The highest BCUT2D eigenvalue weighted by Gasteiger charge is 2.25. The lowest BCUT2D eigenvalue weighted by molar-refractivity contribution is -0.121. The van der Waals surface area contributed by atoms with E-state index in [-0.39, 0.29) is 0 Å². The van der Waals surface area contributed by atoms with Gasteiger partial charge in [-0.05, 0) is 59.7 Å². The first kappa shape index (κ1) is 15.1. The van der Waals surface area contributed by atoms with Gasteiger partial charge in [0.1, 0.15) is 5.78 Å². The van der Waals surface area contributed by atoms with Gasteiger partial charge in [-0.1, -0.05) is 25.5 Å². The van der Waals surface area contributed by atoms with Gasteiger partial charge in [-0.3, -0.25) is 4.79 Å². The number of thioether (sulfide) groups is 1. The van der Waals surface area contributed by atoms with E-state index in [0.717, 1.165) is 28.1 Å². The second kappa shape index (κ2) is 7.49. The van der Waals surface area contributed by atoms with Gasteiger partial charge >= 0.3 is 0 Å². The second-order valence-corrected chi connectivity index (χ2v) is 7.18. The fourth-order valence-corrected chi connectivity index (χ4v) is 4.26. The van der Waals surface area contributed by atoms with Crippen molar-refractivity contribution in [1.29, 1.82) is 0 Å². The van der Waals surface area contributed by atoms with Gasteiger partial charge in [0.2, 0.25) is 0 Å². The molecule has 1 saturated carbocycles. The summed E-state index contributed by atoms with van der Waals surface area (Å²) in [4.78, 5) is 13.4. The van der Waals surface area contributed by atoms with Gasteiger partial charge in [0.05, 0.1) is 5.75 Å². The number of carbonyl (C=O) groups is 1. The summed E-state index contributed by atoms with van der Waals surface area (Å²) in [5.74, 6) is 2.23. The van der Waals surface area contributed by atoms with Gasteiger partial charge in [0, 0.05) is 15.3 Å². The van der Waals surface area contributed by atoms with E-state index in [1.807, 2.05) is 18.2 Å². The molecule has 1 aromatic carbocycles. The summed E-state index contributed by atoms with van der Waals surface area (Å²) in [6, 6.07) is 8.11. The molecule has 0 amide bonds.